The Hall–Kier alpha value is -6.38. The summed E-state index contributed by atoms with van der Waals surface area (Å²) in [4.78, 5) is 10.7. The van der Waals surface area contributed by atoms with Crippen LogP contribution in [0.4, 0.5) is 0 Å². The predicted molar refractivity (Wildman–Crippen MR) is 228 cm³/mol. The van der Waals surface area contributed by atoms with Gasteiger partial charge in [-0.25, -0.2) is 9.97 Å². The lowest BCUT2D eigenvalue weighted by atomic mass is 9.74. The number of hydrogen-bond donors (Lipinski definition) is 0. The molecule has 0 bridgehead atoms. The van der Waals surface area contributed by atoms with Crippen LogP contribution in [-0.2, 0) is 5.41 Å². The number of rotatable bonds is 7. The van der Waals surface area contributed by atoms with Gasteiger partial charge in [-0.1, -0.05) is 178 Å². The lowest BCUT2D eigenvalue weighted by molar-refractivity contribution is 0.630. The van der Waals surface area contributed by atoms with Crippen molar-refractivity contribution in [2.24, 2.45) is 11.8 Å². The van der Waals surface area contributed by atoms with Gasteiger partial charge in [0.15, 0.2) is 5.82 Å². The smallest absolute Gasteiger partial charge is 0.161 e. The highest BCUT2D eigenvalue weighted by Crippen LogP contribution is 2.56. The Balaban J connectivity index is 1.26. The van der Waals surface area contributed by atoms with Gasteiger partial charge in [-0.2, -0.15) is 0 Å². The number of benzene rings is 6. The van der Waals surface area contributed by atoms with Crippen LogP contribution in [0.3, 0.4) is 0 Å². The van der Waals surface area contributed by atoms with Gasteiger partial charge in [-0.3, -0.25) is 0 Å². The summed E-state index contributed by atoms with van der Waals surface area (Å²) in [5.41, 5.74) is 15.2. The minimum Gasteiger partial charge on any atom is -0.228 e. The van der Waals surface area contributed by atoms with Crippen molar-refractivity contribution in [3.05, 3.63) is 199 Å². The molecular weight excluding hydrogens is 653 g/mol. The monoisotopic (exact) mass is 694 g/mol. The fraction of sp³-hybridized carbons (Fsp3) is 0.115. The number of allylic oxidation sites excluding steroid dienone is 7. The summed E-state index contributed by atoms with van der Waals surface area (Å²) in [5.74, 6) is 1.18. The molecule has 0 N–H and O–H groups in total. The Morgan fingerprint density at radius 1 is 0.593 bits per heavy atom. The van der Waals surface area contributed by atoms with Gasteiger partial charge in [0, 0.05) is 33.9 Å². The van der Waals surface area contributed by atoms with Crippen molar-refractivity contribution in [3.63, 3.8) is 0 Å². The third-order valence-electron chi connectivity index (χ3n) is 11.4. The van der Waals surface area contributed by atoms with Crippen molar-refractivity contribution in [2.75, 3.05) is 0 Å². The normalized spacial score (nSPS) is 17.2. The third-order valence-corrected chi connectivity index (χ3v) is 11.4. The van der Waals surface area contributed by atoms with E-state index in [-0.39, 0.29) is 17.3 Å². The molecule has 0 amide bonds. The minimum atomic E-state index is -0.114. The third kappa shape index (κ3) is 5.49. The zero-order chi connectivity index (χ0) is 36.8. The Morgan fingerprint density at radius 3 is 1.93 bits per heavy atom. The minimum absolute atomic E-state index is 0.114. The highest BCUT2D eigenvalue weighted by molar-refractivity contribution is 6.07. The Kier molecular flexibility index (Phi) is 8.39. The molecule has 9 rings (SSSR count). The summed E-state index contributed by atoms with van der Waals surface area (Å²) >= 11 is 0. The Bertz CT molecular complexity index is 2660. The van der Waals surface area contributed by atoms with Gasteiger partial charge in [0.2, 0.25) is 0 Å². The molecule has 54 heavy (non-hydrogen) atoms. The van der Waals surface area contributed by atoms with E-state index in [1.807, 2.05) is 6.07 Å². The molecule has 2 atom stereocenters. The van der Waals surface area contributed by atoms with Crippen molar-refractivity contribution in [1.82, 2.24) is 9.97 Å². The van der Waals surface area contributed by atoms with Gasteiger partial charge in [0.25, 0.3) is 0 Å². The predicted octanol–water partition coefficient (Wildman–Crippen LogP) is 13.6. The van der Waals surface area contributed by atoms with Crippen LogP contribution in [0.25, 0.3) is 72.5 Å². The topological polar surface area (TPSA) is 25.8 Å². The fourth-order valence-electron chi connectivity index (χ4n) is 8.79. The molecule has 0 saturated carbocycles. The largest absolute Gasteiger partial charge is 0.228 e. The number of fused-ring (bicyclic) bond motifs is 3. The number of hydrogen-bond acceptors (Lipinski definition) is 2. The van der Waals surface area contributed by atoms with E-state index in [0.717, 1.165) is 44.6 Å². The lowest BCUT2D eigenvalue weighted by Crippen LogP contribution is -2.19. The quantitative estimate of drug-likeness (QED) is 0.155. The first-order valence-electron chi connectivity index (χ1n) is 18.9. The van der Waals surface area contributed by atoms with Crippen molar-refractivity contribution in [1.29, 1.82) is 0 Å². The molecule has 2 heteroatoms. The van der Waals surface area contributed by atoms with Crippen LogP contribution in [0.15, 0.2) is 188 Å². The van der Waals surface area contributed by atoms with Gasteiger partial charge >= 0.3 is 0 Å². The Labute approximate surface area is 318 Å². The van der Waals surface area contributed by atoms with Gasteiger partial charge in [0.05, 0.1) is 11.4 Å². The molecule has 0 saturated heterocycles. The molecule has 0 radical (unpaired) electrons. The van der Waals surface area contributed by atoms with Gasteiger partial charge < -0.3 is 0 Å². The van der Waals surface area contributed by atoms with Crippen LogP contribution in [0.2, 0.25) is 0 Å². The molecule has 7 aromatic rings. The maximum atomic E-state index is 5.37. The molecule has 2 aliphatic rings. The first kappa shape index (κ1) is 33.5. The van der Waals surface area contributed by atoms with Crippen LogP contribution in [0.1, 0.15) is 31.9 Å². The van der Waals surface area contributed by atoms with E-state index in [1.54, 1.807) is 0 Å². The van der Waals surface area contributed by atoms with Crippen LogP contribution < -0.4 is 0 Å². The fourth-order valence-corrected chi connectivity index (χ4v) is 8.79. The van der Waals surface area contributed by atoms with E-state index in [9.17, 15) is 0 Å². The molecular formula is C52H42N2. The van der Waals surface area contributed by atoms with Crippen molar-refractivity contribution >= 4 is 16.3 Å². The summed E-state index contributed by atoms with van der Waals surface area (Å²) in [6.45, 7) is 11.1. The summed E-state index contributed by atoms with van der Waals surface area (Å²) in [6, 6.07) is 51.8. The van der Waals surface area contributed by atoms with Crippen LogP contribution in [0.5, 0.6) is 0 Å². The first-order valence-corrected chi connectivity index (χ1v) is 18.9. The molecule has 6 aromatic carbocycles. The van der Waals surface area contributed by atoms with E-state index >= 15 is 0 Å². The molecule has 1 heterocycles. The molecule has 260 valence electrons. The highest BCUT2D eigenvalue weighted by Gasteiger charge is 2.42. The molecule has 1 aromatic heterocycles. The summed E-state index contributed by atoms with van der Waals surface area (Å²) in [5, 5.41) is 2.31. The number of aromatic nitrogens is 2. The van der Waals surface area contributed by atoms with Gasteiger partial charge in [0.1, 0.15) is 0 Å². The molecule has 0 aliphatic heterocycles. The maximum absolute atomic E-state index is 5.37. The van der Waals surface area contributed by atoms with E-state index in [4.69, 9.17) is 9.97 Å². The highest BCUT2D eigenvalue weighted by atomic mass is 14.9. The molecule has 2 unspecified atom stereocenters. The summed E-state index contributed by atoms with van der Waals surface area (Å²) in [6.07, 6.45) is 11.3. The summed E-state index contributed by atoms with van der Waals surface area (Å²) in [7, 11) is 0. The molecule has 0 fully saturated rings. The molecule has 2 nitrogen and oxygen atoms in total. The van der Waals surface area contributed by atoms with E-state index in [1.165, 1.54) is 38.8 Å². The second-order valence-corrected chi connectivity index (χ2v) is 14.9. The first-order chi connectivity index (χ1) is 26.5. The average Bonchev–Trinajstić information content (AvgIpc) is 3.47. The standard InChI is InChI=1S/C52H42N2/c1-5-18-38-34(6-2)29-32-46-49(38)50-43(27-17-28-45(50)52(46,3)4)41-30-31-44(40-25-15-14-24-39(40)41)51-53-47(36-21-11-8-12-22-36)33-48(54-51)42-26-16-13-23-37(42)35-19-9-7-10-20-35/h5-34,38H,2H2,1,3-4H3/b18-5-. The molecule has 2 aliphatic carbocycles. The molecule has 0 spiro atoms. The van der Waals surface area contributed by atoms with Crippen LogP contribution in [0, 0.1) is 11.8 Å². The second-order valence-electron chi connectivity index (χ2n) is 14.9. The van der Waals surface area contributed by atoms with Crippen LogP contribution in [-0.4, -0.2) is 9.97 Å². The van der Waals surface area contributed by atoms with Gasteiger partial charge in [-0.15, -0.1) is 6.58 Å². The summed E-state index contributed by atoms with van der Waals surface area (Å²) < 4.78 is 0. The number of nitrogens with zero attached hydrogens (tertiary/aromatic N) is 2. The maximum Gasteiger partial charge on any atom is 0.161 e. The zero-order valence-corrected chi connectivity index (χ0v) is 31.0. The zero-order valence-electron chi connectivity index (χ0n) is 31.0. The van der Waals surface area contributed by atoms with Crippen LogP contribution >= 0.6 is 0 Å². The SMILES string of the molecule is C=CC1C=CC2=C(c3c(-c4ccc(-c5nc(-c6ccccc6)cc(-c6ccccc6-c6ccccc6)n5)c5ccccc45)cccc3C2(C)C)C1/C=C\C. The second kappa shape index (κ2) is 13.5. The van der Waals surface area contributed by atoms with Crippen molar-refractivity contribution < 1.29 is 0 Å². The average molecular weight is 695 g/mol. The van der Waals surface area contributed by atoms with Crippen molar-refractivity contribution in [2.45, 2.75) is 26.2 Å². The van der Waals surface area contributed by atoms with E-state index in [0.29, 0.717) is 5.82 Å². The Morgan fingerprint density at radius 2 is 1.20 bits per heavy atom. The lowest BCUT2D eigenvalue weighted by Gasteiger charge is -2.29. The van der Waals surface area contributed by atoms with E-state index in [2.05, 4.69) is 197 Å². The van der Waals surface area contributed by atoms with Crippen molar-refractivity contribution in [3.8, 4) is 56.2 Å². The van der Waals surface area contributed by atoms with E-state index < -0.39 is 0 Å². The van der Waals surface area contributed by atoms with Gasteiger partial charge in [-0.05, 0) is 74.4 Å².